The lowest BCUT2D eigenvalue weighted by Gasteiger charge is -2.19. The highest BCUT2D eigenvalue weighted by atomic mass is 16.4. The van der Waals surface area contributed by atoms with E-state index in [-0.39, 0.29) is 17.3 Å². The molecular weight excluding hydrogens is 210 g/mol. The van der Waals surface area contributed by atoms with Gasteiger partial charge in [0.1, 0.15) is 5.71 Å². The smallest absolute Gasteiger partial charge is 0.277 e. The summed E-state index contributed by atoms with van der Waals surface area (Å²) in [6.07, 6.45) is 4.14. The molecule has 16 heavy (non-hydrogen) atoms. The van der Waals surface area contributed by atoms with Gasteiger partial charge in [0.25, 0.3) is 5.91 Å². The van der Waals surface area contributed by atoms with Gasteiger partial charge in [0.05, 0.1) is 0 Å². The second kappa shape index (κ2) is 6.09. The highest BCUT2D eigenvalue weighted by molar-refractivity contribution is 6.66. The number of carbonyl (C=O) groups excluding carboxylic acids is 1. The number of amides is 1. The largest absolute Gasteiger partial charge is 0.411 e. The van der Waals surface area contributed by atoms with Crippen LogP contribution in [0.2, 0.25) is 0 Å². The molecule has 0 unspecified atom stereocenters. The van der Waals surface area contributed by atoms with Crippen LogP contribution in [0.25, 0.3) is 0 Å². The number of likely N-dealkylation sites (tertiary alicyclic amines) is 1. The number of hydrogen-bond acceptors (Lipinski definition) is 5. The van der Waals surface area contributed by atoms with Crippen molar-refractivity contribution < 1.29 is 15.2 Å². The highest BCUT2D eigenvalue weighted by Gasteiger charge is 2.23. The molecule has 1 rings (SSSR count). The summed E-state index contributed by atoms with van der Waals surface area (Å²) < 4.78 is 0. The van der Waals surface area contributed by atoms with Crippen LogP contribution < -0.4 is 0 Å². The summed E-state index contributed by atoms with van der Waals surface area (Å²) in [5, 5.41) is 23.1. The zero-order chi connectivity index (χ0) is 12.0. The lowest BCUT2D eigenvalue weighted by Crippen LogP contribution is -2.40. The molecule has 0 radical (unpaired) electrons. The minimum absolute atomic E-state index is 0.0248. The van der Waals surface area contributed by atoms with Gasteiger partial charge < -0.3 is 15.3 Å². The molecule has 0 aliphatic carbocycles. The Labute approximate surface area is 94.2 Å². The number of nitrogens with zero attached hydrogens (tertiary/aromatic N) is 3. The van der Waals surface area contributed by atoms with E-state index in [2.05, 4.69) is 10.3 Å². The van der Waals surface area contributed by atoms with Crippen LogP contribution >= 0.6 is 0 Å². The summed E-state index contributed by atoms with van der Waals surface area (Å²) in [6, 6.07) is 0. The predicted octanol–water partition coefficient (Wildman–Crippen LogP) is 1.07. The van der Waals surface area contributed by atoms with Gasteiger partial charge in [-0.2, -0.15) is 0 Å². The Morgan fingerprint density at radius 2 is 1.62 bits per heavy atom. The van der Waals surface area contributed by atoms with E-state index in [9.17, 15) is 4.79 Å². The molecule has 0 spiro atoms. The molecule has 2 N–H and O–H groups in total. The topological polar surface area (TPSA) is 85.5 Å². The lowest BCUT2D eigenvalue weighted by molar-refractivity contribution is -0.124. The number of hydrogen-bond donors (Lipinski definition) is 2. The molecule has 0 atom stereocenters. The summed E-state index contributed by atoms with van der Waals surface area (Å²) in [4.78, 5) is 13.6. The van der Waals surface area contributed by atoms with Gasteiger partial charge in [-0.1, -0.05) is 23.2 Å². The highest BCUT2D eigenvalue weighted by Crippen LogP contribution is 2.10. The molecule has 0 saturated carbocycles. The average molecular weight is 227 g/mol. The number of carbonyl (C=O) groups is 1. The third-order valence-corrected chi connectivity index (χ3v) is 2.69. The molecule has 1 aliphatic rings. The van der Waals surface area contributed by atoms with Gasteiger partial charge in [0, 0.05) is 13.1 Å². The van der Waals surface area contributed by atoms with Crippen LogP contribution in [0.3, 0.4) is 0 Å². The Kier molecular flexibility index (Phi) is 4.75. The van der Waals surface area contributed by atoms with Crippen molar-refractivity contribution in [1.82, 2.24) is 4.90 Å². The maximum Gasteiger partial charge on any atom is 0.277 e. The maximum atomic E-state index is 11.9. The van der Waals surface area contributed by atoms with E-state index in [1.807, 2.05) is 0 Å². The van der Waals surface area contributed by atoms with E-state index in [1.54, 1.807) is 4.90 Å². The van der Waals surface area contributed by atoms with Gasteiger partial charge in [-0.3, -0.25) is 4.79 Å². The van der Waals surface area contributed by atoms with Crippen molar-refractivity contribution in [3.63, 3.8) is 0 Å². The van der Waals surface area contributed by atoms with Crippen molar-refractivity contribution >= 4 is 17.3 Å². The Balaban J connectivity index is 2.74. The zero-order valence-electron chi connectivity index (χ0n) is 9.39. The number of oxime groups is 2. The third-order valence-electron chi connectivity index (χ3n) is 2.69. The van der Waals surface area contributed by atoms with Gasteiger partial charge in [-0.15, -0.1) is 0 Å². The summed E-state index contributed by atoms with van der Waals surface area (Å²) in [7, 11) is 0. The van der Waals surface area contributed by atoms with Gasteiger partial charge in [-0.25, -0.2) is 0 Å². The first-order valence-corrected chi connectivity index (χ1v) is 5.41. The molecule has 0 bridgehead atoms. The minimum Gasteiger partial charge on any atom is -0.411 e. The number of rotatable bonds is 2. The van der Waals surface area contributed by atoms with Crippen molar-refractivity contribution in [3.8, 4) is 0 Å². The van der Waals surface area contributed by atoms with E-state index in [0.717, 1.165) is 25.7 Å². The zero-order valence-corrected chi connectivity index (χ0v) is 9.39. The summed E-state index contributed by atoms with van der Waals surface area (Å²) in [5.74, 6) is -0.375. The molecule has 1 heterocycles. The molecule has 6 heteroatoms. The molecule has 1 fully saturated rings. The molecule has 0 aromatic heterocycles. The fourth-order valence-corrected chi connectivity index (χ4v) is 1.74. The van der Waals surface area contributed by atoms with Crippen molar-refractivity contribution in [2.45, 2.75) is 32.6 Å². The van der Waals surface area contributed by atoms with Crippen molar-refractivity contribution in [3.05, 3.63) is 0 Å². The van der Waals surface area contributed by atoms with E-state index >= 15 is 0 Å². The first-order valence-electron chi connectivity index (χ1n) is 5.41. The van der Waals surface area contributed by atoms with Gasteiger partial charge in [0.2, 0.25) is 0 Å². The van der Waals surface area contributed by atoms with Gasteiger partial charge >= 0.3 is 0 Å². The third kappa shape index (κ3) is 2.95. The molecule has 0 aromatic carbocycles. The molecule has 90 valence electrons. The van der Waals surface area contributed by atoms with E-state index in [4.69, 9.17) is 10.4 Å². The lowest BCUT2D eigenvalue weighted by atomic mass is 10.2. The Bertz CT molecular complexity index is 304. The summed E-state index contributed by atoms with van der Waals surface area (Å²) in [5.41, 5.74) is -0.166. The molecule has 1 saturated heterocycles. The second-order valence-corrected chi connectivity index (χ2v) is 3.84. The molecule has 6 nitrogen and oxygen atoms in total. The first-order chi connectivity index (χ1) is 7.70. The monoisotopic (exact) mass is 227 g/mol. The van der Waals surface area contributed by atoms with Crippen LogP contribution in [0.15, 0.2) is 10.3 Å². The first kappa shape index (κ1) is 12.5. The average Bonchev–Trinajstić information content (AvgIpc) is 2.58. The van der Waals surface area contributed by atoms with Crippen LogP contribution in [0.1, 0.15) is 32.6 Å². The standard InChI is InChI=1S/C10H17N3O3/c1-8(11-15)9(12-16)10(14)13-6-4-2-3-5-7-13/h15-16H,2-7H2,1H3. The van der Waals surface area contributed by atoms with Crippen LogP contribution in [0.4, 0.5) is 0 Å². The Morgan fingerprint density at radius 1 is 1.06 bits per heavy atom. The Morgan fingerprint density at radius 3 is 2.06 bits per heavy atom. The van der Waals surface area contributed by atoms with Gasteiger partial charge in [-0.05, 0) is 19.8 Å². The van der Waals surface area contributed by atoms with Gasteiger partial charge in [0.15, 0.2) is 5.71 Å². The van der Waals surface area contributed by atoms with Crippen molar-refractivity contribution in [2.24, 2.45) is 10.3 Å². The fraction of sp³-hybridized carbons (Fsp3) is 0.700. The second-order valence-electron chi connectivity index (χ2n) is 3.84. The van der Waals surface area contributed by atoms with Crippen LogP contribution in [0.5, 0.6) is 0 Å². The van der Waals surface area contributed by atoms with Crippen LogP contribution in [0, 0.1) is 0 Å². The van der Waals surface area contributed by atoms with Crippen LogP contribution in [-0.4, -0.2) is 45.7 Å². The normalized spacial score (nSPS) is 19.4. The predicted molar refractivity (Wildman–Crippen MR) is 59.2 cm³/mol. The van der Waals surface area contributed by atoms with Crippen molar-refractivity contribution in [1.29, 1.82) is 0 Å². The fourth-order valence-electron chi connectivity index (χ4n) is 1.74. The minimum atomic E-state index is -0.375. The summed E-state index contributed by atoms with van der Waals surface area (Å²) >= 11 is 0. The van der Waals surface area contributed by atoms with E-state index in [1.165, 1.54) is 6.92 Å². The molecular formula is C10H17N3O3. The molecule has 1 amide bonds. The van der Waals surface area contributed by atoms with E-state index in [0.29, 0.717) is 13.1 Å². The SMILES string of the molecule is CC(=NO)C(=NO)C(=O)N1CCCCCC1. The van der Waals surface area contributed by atoms with Crippen molar-refractivity contribution in [2.75, 3.05) is 13.1 Å². The quantitative estimate of drug-likeness (QED) is 0.420. The maximum absolute atomic E-state index is 11.9. The summed E-state index contributed by atoms with van der Waals surface area (Å²) in [6.45, 7) is 2.75. The van der Waals surface area contributed by atoms with Crippen LogP contribution in [-0.2, 0) is 4.79 Å². The molecule has 1 aliphatic heterocycles. The Hall–Kier alpha value is -1.59. The molecule has 0 aromatic rings. The van der Waals surface area contributed by atoms with E-state index < -0.39 is 0 Å².